The van der Waals surface area contributed by atoms with Crippen LogP contribution in [0.5, 0.6) is 0 Å². The van der Waals surface area contributed by atoms with Gasteiger partial charge in [0.25, 0.3) is 0 Å². The van der Waals surface area contributed by atoms with Crippen LogP contribution in [0.1, 0.15) is 12.8 Å². The Labute approximate surface area is 95.3 Å². The summed E-state index contributed by atoms with van der Waals surface area (Å²) in [6, 6.07) is 0. The first-order valence-electron chi connectivity index (χ1n) is 6.58. The van der Waals surface area contributed by atoms with E-state index in [-0.39, 0.29) is 0 Å². The van der Waals surface area contributed by atoms with Crippen LogP contribution in [0.25, 0.3) is 0 Å². The molecule has 4 heterocycles. The average molecular weight is 216 g/mol. The summed E-state index contributed by atoms with van der Waals surface area (Å²) in [5, 5.41) is 0. The molecule has 0 amide bonds. The van der Waals surface area contributed by atoms with Gasteiger partial charge in [-0.25, -0.2) is 0 Å². The number of hydrogen-bond acceptors (Lipinski definition) is 2. The average Bonchev–Trinajstić information content (AvgIpc) is 3.07. The van der Waals surface area contributed by atoms with Crippen molar-refractivity contribution in [2.45, 2.75) is 37.3 Å². The molecule has 0 spiro atoms. The van der Waals surface area contributed by atoms with Gasteiger partial charge in [0.1, 0.15) is 0 Å². The summed E-state index contributed by atoms with van der Waals surface area (Å²) in [5.74, 6) is 3.14. The summed E-state index contributed by atoms with van der Waals surface area (Å²) >= 11 is 0. The van der Waals surface area contributed by atoms with Gasteiger partial charge in [-0.1, -0.05) is 24.3 Å². The Balaban J connectivity index is 1.52. The smallest absolute Gasteiger partial charge is 0.0796 e. The van der Waals surface area contributed by atoms with Crippen LogP contribution in [-0.2, 0) is 9.47 Å². The number of fused-ring (bicyclic) bond motifs is 10. The van der Waals surface area contributed by atoms with Crippen LogP contribution >= 0.6 is 0 Å². The molecule has 8 atom stereocenters. The van der Waals surface area contributed by atoms with Crippen LogP contribution in [0.15, 0.2) is 24.3 Å². The monoisotopic (exact) mass is 216 g/mol. The summed E-state index contributed by atoms with van der Waals surface area (Å²) in [6.07, 6.45) is 13.5. The van der Waals surface area contributed by atoms with Crippen molar-refractivity contribution >= 4 is 0 Å². The van der Waals surface area contributed by atoms with E-state index < -0.39 is 0 Å². The summed E-state index contributed by atoms with van der Waals surface area (Å²) in [4.78, 5) is 0. The molecule has 1 saturated carbocycles. The van der Waals surface area contributed by atoms with E-state index in [0.29, 0.717) is 24.4 Å². The zero-order valence-electron chi connectivity index (χ0n) is 9.16. The molecule has 0 N–H and O–H groups in total. The summed E-state index contributed by atoms with van der Waals surface area (Å²) in [7, 11) is 0. The Morgan fingerprint density at radius 3 is 1.19 bits per heavy atom. The molecule has 0 aromatic heterocycles. The first kappa shape index (κ1) is 8.48. The maximum Gasteiger partial charge on any atom is 0.0796 e. The topological polar surface area (TPSA) is 18.5 Å². The molecule has 0 aromatic rings. The molecule has 2 saturated heterocycles. The molecule has 0 aromatic carbocycles. The molecule has 4 bridgehead atoms. The third kappa shape index (κ3) is 0.844. The standard InChI is InChI=1S/C14H16O2/c1-2-12-8-6-10-9(5-7(8)11(1)15-12)13-3-4-14(10)16-13/h1-4,7-14H,5-6H2/t7-,8-,9-,10+,11+,12+,13+,14+/m0/s1. The van der Waals surface area contributed by atoms with Crippen LogP contribution in [0.3, 0.4) is 0 Å². The van der Waals surface area contributed by atoms with E-state index in [2.05, 4.69) is 24.3 Å². The largest absolute Gasteiger partial charge is 0.366 e. The Hall–Kier alpha value is -0.600. The lowest BCUT2D eigenvalue weighted by molar-refractivity contribution is 0.0882. The number of ether oxygens (including phenoxy) is 2. The van der Waals surface area contributed by atoms with Crippen molar-refractivity contribution < 1.29 is 9.47 Å². The van der Waals surface area contributed by atoms with E-state index >= 15 is 0 Å². The highest BCUT2D eigenvalue weighted by molar-refractivity contribution is 5.22. The van der Waals surface area contributed by atoms with Crippen LogP contribution in [0, 0.1) is 23.7 Å². The molecule has 1 aliphatic carbocycles. The lowest BCUT2D eigenvalue weighted by Crippen LogP contribution is -2.39. The molecule has 5 aliphatic rings. The molecular formula is C14H16O2. The van der Waals surface area contributed by atoms with E-state index in [9.17, 15) is 0 Å². The van der Waals surface area contributed by atoms with Crippen molar-refractivity contribution in [3.05, 3.63) is 24.3 Å². The Bertz CT molecular complexity index is 330. The second kappa shape index (κ2) is 2.62. The van der Waals surface area contributed by atoms with Crippen molar-refractivity contribution in [2.75, 3.05) is 0 Å². The SMILES string of the molecule is C1=C[C@H]2O[C@H]1[C@@H]1C[C@H]3[C@H](C[C@@H]12)[C@H]1C=C[C@H]3O1. The minimum absolute atomic E-state index is 0.430. The number of rotatable bonds is 0. The fourth-order valence-electron chi connectivity index (χ4n) is 4.80. The van der Waals surface area contributed by atoms with Gasteiger partial charge in [0.15, 0.2) is 0 Å². The first-order chi connectivity index (χ1) is 7.90. The highest BCUT2D eigenvalue weighted by Gasteiger charge is 2.57. The Morgan fingerprint density at radius 2 is 0.875 bits per heavy atom. The molecule has 0 unspecified atom stereocenters. The minimum Gasteiger partial charge on any atom is -0.366 e. The quantitative estimate of drug-likeness (QED) is 0.576. The van der Waals surface area contributed by atoms with Gasteiger partial charge in [-0.3, -0.25) is 0 Å². The van der Waals surface area contributed by atoms with E-state index in [4.69, 9.17) is 9.47 Å². The molecule has 3 fully saturated rings. The molecule has 4 aliphatic heterocycles. The second-order valence-electron chi connectivity index (χ2n) is 6.03. The van der Waals surface area contributed by atoms with E-state index in [1.165, 1.54) is 12.8 Å². The van der Waals surface area contributed by atoms with Gasteiger partial charge in [-0.15, -0.1) is 0 Å². The number of hydrogen-bond donors (Lipinski definition) is 0. The highest BCUT2D eigenvalue weighted by atomic mass is 16.5. The molecule has 84 valence electrons. The van der Waals surface area contributed by atoms with E-state index in [0.717, 1.165) is 23.7 Å². The zero-order chi connectivity index (χ0) is 10.3. The van der Waals surface area contributed by atoms with Gasteiger partial charge >= 0.3 is 0 Å². The Kier molecular flexibility index (Phi) is 1.39. The van der Waals surface area contributed by atoms with Crippen molar-refractivity contribution in [1.29, 1.82) is 0 Å². The molecule has 5 rings (SSSR count). The third-order valence-corrected chi connectivity index (χ3v) is 5.49. The maximum atomic E-state index is 6.00. The van der Waals surface area contributed by atoms with Crippen LogP contribution in [0.4, 0.5) is 0 Å². The van der Waals surface area contributed by atoms with Gasteiger partial charge in [0.2, 0.25) is 0 Å². The molecule has 2 heteroatoms. The fourth-order valence-corrected chi connectivity index (χ4v) is 4.80. The minimum atomic E-state index is 0.430. The lowest BCUT2D eigenvalue weighted by atomic mass is 9.62. The van der Waals surface area contributed by atoms with Crippen molar-refractivity contribution in [1.82, 2.24) is 0 Å². The molecule has 2 nitrogen and oxygen atoms in total. The zero-order valence-corrected chi connectivity index (χ0v) is 9.16. The van der Waals surface area contributed by atoms with Crippen molar-refractivity contribution in [2.24, 2.45) is 23.7 Å². The lowest BCUT2D eigenvalue weighted by Gasteiger charge is -2.39. The summed E-state index contributed by atoms with van der Waals surface area (Å²) in [5.41, 5.74) is 0. The van der Waals surface area contributed by atoms with Crippen molar-refractivity contribution in [3.8, 4) is 0 Å². The highest BCUT2D eigenvalue weighted by Crippen LogP contribution is 2.56. The van der Waals surface area contributed by atoms with Gasteiger partial charge in [0, 0.05) is 0 Å². The fraction of sp³-hybridized carbons (Fsp3) is 0.714. The van der Waals surface area contributed by atoms with Crippen LogP contribution in [0.2, 0.25) is 0 Å². The summed E-state index contributed by atoms with van der Waals surface area (Å²) < 4.78 is 12.0. The van der Waals surface area contributed by atoms with Gasteiger partial charge in [0.05, 0.1) is 24.4 Å². The molecule has 0 radical (unpaired) electrons. The predicted octanol–water partition coefficient (Wildman–Crippen LogP) is 1.92. The maximum absolute atomic E-state index is 6.00. The second-order valence-corrected chi connectivity index (χ2v) is 6.03. The normalized spacial score (nSPS) is 64.0. The molecule has 16 heavy (non-hydrogen) atoms. The van der Waals surface area contributed by atoms with Gasteiger partial charge < -0.3 is 9.47 Å². The third-order valence-electron chi connectivity index (χ3n) is 5.49. The van der Waals surface area contributed by atoms with E-state index in [1.54, 1.807) is 0 Å². The van der Waals surface area contributed by atoms with Gasteiger partial charge in [-0.2, -0.15) is 0 Å². The molecular weight excluding hydrogens is 200 g/mol. The van der Waals surface area contributed by atoms with Crippen LogP contribution < -0.4 is 0 Å². The summed E-state index contributed by atoms with van der Waals surface area (Å²) in [6.45, 7) is 0. The van der Waals surface area contributed by atoms with Gasteiger partial charge in [-0.05, 0) is 36.5 Å². The Morgan fingerprint density at radius 1 is 0.562 bits per heavy atom. The predicted molar refractivity (Wildman–Crippen MR) is 58.8 cm³/mol. The van der Waals surface area contributed by atoms with E-state index in [1.807, 2.05) is 0 Å². The van der Waals surface area contributed by atoms with Crippen LogP contribution in [-0.4, -0.2) is 24.4 Å². The first-order valence-corrected chi connectivity index (χ1v) is 6.58. The van der Waals surface area contributed by atoms with Crippen molar-refractivity contribution in [3.63, 3.8) is 0 Å².